The highest BCUT2D eigenvalue weighted by Crippen LogP contribution is 2.28. The molecule has 3 atom stereocenters. The number of nitrogens with one attached hydrogen (secondary N) is 1. The molecule has 0 aliphatic carbocycles. The molecule has 0 saturated carbocycles. The molecule has 1 fully saturated rings. The van der Waals surface area contributed by atoms with Gasteiger partial charge in [0.1, 0.15) is 0 Å². The largest absolute Gasteiger partial charge is 0.309 e. The zero-order valence-electron chi connectivity index (χ0n) is 14.2. The van der Waals surface area contributed by atoms with Gasteiger partial charge in [-0.05, 0) is 63.7 Å². The molecule has 0 amide bonds. The summed E-state index contributed by atoms with van der Waals surface area (Å²) in [6.07, 6.45) is 5.00. The first-order valence-corrected chi connectivity index (χ1v) is 8.75. The molecule has 1 N–H and O–H groups in total. The maximum absolute atomic E-state index is 3.78. The fourth-order valence-electron chi connectivity index (χ4n) is 3.58. The fourth-order valence-corrected chi connectivity index (χ4v) is 3.58. The van der Waals surface area contributed by atoms with Gasteiger partial charge in [0.15, 0.2) is 0 Å². The zero-order chi connectivity index (χ0) is 15.2. The molecule has 1 aromatic rings. The first kappa shape index (κ1) is 16.5. The van der Waals surface area contributed by atoms with E-state index in [0.29, 0.717) is 12.1 Å². The van der Waals surface area contributed by atoms with E-state index in [-0.39, 0.29) is 0 Å². The van der Waals surface area contributed by atoms with E-state index in [2.05, 4.69) is 62.2 Å². The van der Waals surface area contributed by atoms with Gasteiger partial charge in [-0.1, -0.05) is 38.1 Å². The number of hydrogen-bond acceptors (Lipinski definition) is 2. The zero-order valence-corrected chi connectivity index (χ0v) is 14.2. The number of hydrogen-bond donors (Lipinski definition) is 1. The van der Waals surface area contributed by atoms with Crippen molar-refractivity contribution in [2.24, 2.45) is 0 Å². The van der Waals surface area contributed by atoms with Gasteiger partial charge in [0.05, 0.1) is 0 Å². The normalized spacial score (nSPS) is 22.4. The molecular weight excluding hydrogens is 256 g/mol. The number of likely N-dealkylation sites (tertiary alicyclic amines) is 1. The van der Waals surface area contributed by atoms with Gasteiger partial charge in [0.2, 0.25) is 0 Å². The molecular formula is C19H32N2. The second-order valence-electron chi connectivity index (χ2n) is 6.50. The van der Waals surface area contributed by atoms with Crippen LogP contribution in [0.25, 0.3) is 0 Å². The van der Waals surface area contributed by atoms with Crippen LogP contribution in [0.5, 0.6) is 0 Å². The molecule has 2 nitrogen and oxygen atoms in total. The molecule has 1 aliphatic heterocycles. The summed E-state index contributed by atoms with van der Waals surface area (Å²) in [5.41, 5.74) is 2.86. The molecule has 3 unspecified atom stereocenters. The molecule has 1 saturated heterocycles. The lowest BCUT2D eigenvalue weighted by Gasteiger charge is -2.35. The fraction of sp³-hybridized carbons (Fsp3) is 0.684. The Bertz CT molecular complexity index is 412. The van der Waals surface area contributed by atoms with E-state index in [9.17, 15) is 0 Å². The minimum Gasteiger partial charge on any atom is -0.309 e. The van der Waals surface area contributed by atoms with E-state index in [4.69, 9.17) is 0 Å². The summed E-state index contributed by atoms with van der Waals surface area (Å²) < 4.78 is 0. The monoisotopic (exact) mass is 288 g/mol. The van der Waals surface area contributed by atoms with Crippen molar-refractivity contribution in [2.75, 3.05) is 13.1 Å². The average Bonchev–Trinajstić information content (AvgIpc) is 2.94. The quantitative estimate of drug-likeness (QED) is 0.810. The molecule has 0 aromatic heterocycles. The van der Waals surface area contributed by atoms with Gasteiger partial charge >= 0.3 is 0 Å². The van der Waals surface area contributed by atoms with Crippen LogP contribution in [0, 0.1) is 0 Å². The van der Waals surface area contributed by atoms with E-state index >= 15 is 0 Å². The maximum Gasteiger partial charge on any atom is 0.0475 e. The topological polar surface area (TPSA) is 15.3 Å². The van der Waals surface area contributed by atoms with Crippen LogP contribution in [-0.4, -0.2) is 30.1 Å². The molecule has 21 heavy (non-hydrogen) atoms. The summed E-state index contributed by atoms with van der Waals surface area (Å²) in [6, 6.07) is 10.9. The minimum absolute atomic E-state index is 0.441. The van der Waals surface area contributed by atoms with Crippen molar-refractivity contribution in [3.8, 4) is 0 Å². The van der Waals surface area contributed by atoms with Crippen LogP contribution in [-0.2, 0) is 6.42 Å². The van der Waals surface area contributed by atoms with Gasteiger partial charge in [0, 0.05) is 18.1 Å². The molecule has 0 bridgehead atoms. The van der Waals surface area contributed by atoms with Crippen molar-refractivity contribution in [3.63, 3.8) is 0 Å². The van der Waals surface area contributed by atoms with Crippen LogP contribution in [0.15, 0.2) is 24.3 Å². The first-order valence-electron chi connectivity index (χ1n) is 8.75. The van der Waals surface area contributed by atoms with Gasteiger partial charge in [-0.2, -0.15) is 0 Å². The molecule has 0 spiro atoms. The van der Waals surface area contributed by atoms with Crippen molar-refractivity contribution < 1.29 is 0 Å². The summed E-state index contributed by atoms with van der Waals surface area (Å²) in [6.45, 7) is 11.6. The molecule has 1 aromatic carbocycles. The van der Waals surface area contributed by atoms with Gasteiger partial charge in [0.25, 0.3) is 0 Å². The summed E-state index contributed by atoms with van der Waals surface area (Å²) >= 11 is 0. The van der Waals surface area contributed by atoms with E-state index in [1.54, 1.807) is 0 Å². The Balaban J connectivity index is 2.15. The van der Waals surface area contributed by atoms with Crippen LogP contribution in [0.2, 0.25) is 0 Å². The minimum atomic E-state index is 0.441. The molecule has 1 aliphatic rings. The Morgan fingerprint density at radius 2 is 1.95 bits per heavy atom. The lowest BCUT2D eigenvalue weighted by atomic mass is 9.97. The Labute approximate surface area is 130 Å². The van der Waals surface area contributed by atoms with Crippen LogP contribution < -0.4 is 5.32 Å². The molecule has 1 heterocycles. The number of rotatable bonds is 7. The van der Waals surface area contributed by atoms with Gasteiger partial charge in [-0.3, -0.25) is 4.90 Å². The van der Waals surface area contributed by atoms with Crippen LogP contribution in [0.1, 0.15) is 64.1 Å². The van der Waals surface area contributed by atoms with Gasteiger partial charge < -0.3 is 5.32 Å². The van der Waals surface area contributed by atoms with Crippen molar-refractivity contribution >= 4 is 0 Å². The van der Waals surface area contributed by atoms with E-state index < -0.39 is 0 Å². The Kier molecular flexibility index (Phi) is 6.25. The van der Waals surface area contributed by atoms with Gasteiger partial charge in [-0.25, -0.2) is 0 Å². The van der Waals surface area contributed by atoms with Crippen molar-refractivity contribution in [1.82, 2.24) is 10.2 Å². The van der Waals surface area contributed by atoms with Crippen molar-refractivity contribution in [3.05, 3.63) is 35.4 Å². The van der Waals surface area contributed by atoms with E-state index in [0.717, 1.165) is 19.0 Å². The maximum atomic E-state index is 3.78. The standard InChI is InChI=1S/C19H32N2/c1-5-13-20-19(16(4)21-14-7-8-15(21)3)18-11-9-17(6-2)10-12-18/h9-12,15-16,19-20H,5-8,13-14H2,1-4H3. The number of aryl methyl sites for hydroxylation is 1. The van der Waals surface area contributed by atoms with Gasteiger partial charge in [-0.15, -0.1) is 0 Å². The predicted octanol–water partition coefficient (Wildman–Crippen LogP) is 4.16. The highest BCUT2D eigenvalue weighted by atomic mass is 15.2. The molecule has 2 rings (SSSR count). The third-order valence-electron chi connectivity index (χ3n) is 4.97. The summed E-state index contributed by atoms with van der Waals surface area (Å²) in [7, 11) is 0. The van der Waals surface area contributed by atoms with Crippen LogP contribution in [0.4, 0.5) is 0 Å². The smallest absolute Gasteiger partial charge is 0.0475 e. The summed E-state index contributed by atoms with van der Waals surface area (Å²) in [5, 5.41) is 3.78. The lowest BCUT2D eigenvalue weighted by Crippen LogP contribution is -2.44. The van der Waals surface area contributed by atoms with E-state index in [1.807, 2.05) is 0 Å². The molecule has 0 radical (unpaired) electrons. The second kappa shape index (κ2) is 7.95. The lowest BCUT2D eigenvalue weighted by molar-refractivity contribution is 0.163. The molecule has 2 heteroatoms. The predicted molar refractivity (Wildman–Crippen MR) is 91.7 cm³/mol. The van der Waals surface area contributed by atoms with Crippen LogP contribution >= 0.6 is 0 Å². The SMILES string of the molecule is CCCNC(c1ccc(CC)cc1)C(C)N1CCCC1C. The first-order chi connectivity index (χ1) is 10.2. The Morgan fingerprint density at radius 1 is 1.24 bits per heavy atom. The third kappa shape index (κ3) is 4.08. The Hall–Kier alpha value is -0.860. The highest BCUT2D eigenvalue weighted by molar-refractivity contribution is 5.26. The summed E-state index contributed by atoms with van der Waals surface area (Å²) in [5.74, 6) is 0. The number of benzene rings is 1. The van der Waals surface area contributed by atoms with Crippen LogP contribution in [0.3, 0.4) is 0 Å². The molecule has 118 valence electrons. The Morgan fingerprint density at radius 3 is 2.48 bits per heavy atom. The van der Waals surface area contributed by atoms with Crippen molar-refractivity contribution in [1.29, 1.82) is 0 Å². The van der Waals surface area contributed by atoms with E-state index in [1.165, 1.54) is 36.9 Å². The second-order valence-corrected chi connectivity index (χ2v) is 6.50. The third-order valence-corrected chi connectivity index (χ3v) is 4.97. The van der Waals surface area contributed by atoms with Crippen molar-refractivity contribution in [2.45, 2.75) is 71.5 Å². The highest BCUT2D eigenvalue weighted by Gasteiger charge is 2.30. The summed E-state index contributed by atoms with van der Waals surface area (Å²) in [4.78, 5) is 2.68. The number of nitrogens with zero attached hydrogens (tertiary/aromatic N) is 1. The average molecular weight is 288 g/mol.